The normalized spacial score (nSPS) is 13.9. The Morgan fingerprint density at radius 3 is 2.30 bits per heavy atom. The van der Waals surface area contributed by atoms with E-state index in [1.807, 2.05) is 43.3 Å². The lowest BCUT2D eigenvalue weighted by Gasteiger charge is -2.11. The Kier molecular flexibility index (Phi) is 2.32. The monoisotopic (exact) mass is 299 g/mol. The van der Waals surface area contributed by atoms with Crippen LogP contribution < -0.4 is 0 Å². The predicted octanol–water partition coefficient (Wildman–Crippen LogP) is 6.48. The molecular weight excluding hydrogens is 276 g/mol. The summed E-state index contributed by atoms with van der Waals surface area (Å²) in [5.74, 6) is 0. The molecule has 0 spiro atoms. The van der Waals surface area contributed by atoms with Crippen molar-refractivity contribution in [3.05, 3.63) is 96.4 Å². The first-order valence-electron chi connectivity index (χ1n) is 10.1. The van der Waals surface area contributed by atoms with Crippen LogP contribution in [0.4, 0.5) is 0 Å². The first-order valence-corrected chi connectivity index (χ1v) is 7.56. The van der Waals surface area contributed by atoms with E-state index in [-0.39, 0.29) is 35.8 Å². The molecule has 0 nitrogen and oxygen atoms in total. The van der Waals surface area contributed by atoms with E-state index >= 15 is 0 Å². The zero-order chi connectivity index (χ0) is 20.0. The average Bonchev–Trinajstić information content (AvgIpc) is 2.71. The number of benzene rings is 4. The van der Waals surface area contributed by atoms with Crippen molar-refractivity contribution in [2.24, 2.45) is 0 Å². The number of fused-ring (bicyclic) bond motifs is 1. The minimum Gasteiger partial charge on any atom is -0.0622 e. The molecule has 0 unspecified atom stereocenters. The van der Waals surface area contributed by atoms with Crippen molar-refractivity contribution in [2.75, 3.05) is 0 Å². The Morgan fingerprint density at radius 2 is 1.48 bits per heavy atom. The van der Waals surface area contributed by atoms with Gasteiger partial charge in [-0.2, -0.15) is 0 Å². The van der Waals surface area contributed by atoms with Crippen LogP contribution in [0.15, 0.2) is 90.9 Å². The molecule has 4 rings (SSSR count). The summed E-state index contributed by atoms with van der Waals surface area (Å²) in [6, 6.07) is 18.8. The Morgan fingerprint density at radius 1 is 0.696 bits per heavy atom. The highest BCUT2D eigenvalue weighted by Gasteiger charge is 2.06. The third kappa shape index (κ3) is 2.53. The van der Waals surface area contributed by atoms with Gasteiger partial charge < -0.3 is 0 Å². The molecule has 23 heavy (non-hydrogen) atoms. The molecule has 4 aromatic rings. The summed E-state index contributed by atoms with van der Waals surface area (Å²) < 4.78 is 40.1. The van der Waals surface area contributed by atoms with E-state index in [0.29, 0.717) is 5.56 Å². The lowest BCUT2D eigenvalue weighted by atomic mass is 9.93. The SMILES string of the molecule is [2H]c1c([2H])c([2H])c(-c2ccc(-c3cccc4ccccc34)cc2C)c([2H])c1[2H]. The topological polar surface area (TPSA) is 0 Å². The smallest absolute Gasteiger partial charge is 0.0622 e. The van der Waals surface area contributed by atoms with Crippen LogP contribution in [0, 0.1) is 6.92 Å². The van der Waals surface area contributed by atoms with Crippen molar-refractivity contribution in [3.8, 4) is 22.3 Å². The van der Waals surface area contributed by atoms with Gasteiger partial charge in [0.05, 0.1) is 6.85 Å². The van der Waals surface area contributed by atoms with Crippen molar-refractivity contribution < 1.29 is 6.85 Å². The molecule has 0 aliphatic heterocycles. The quantitative estimate of drug-likeness (QED) is 0.397. The zero-order valence-electron chi connectivity index (χ0n) is 17.8. The van der Waals surface area contributed by atoms with Crippen molar-refractivity contribution in [1.82, 2.24) is 0 Å². The van der Waals surface area contributed by atoms with Gasteiger partial charge >= 0.3 is 0 Å². The second-order valence-corrected chi connectivity index (χ2v) is 5.56. The third-order valence-corrected chi connectivity index (χ3v) is 4.10. The number of hydrogen-bond donors (Lipinski definition) is 0. The van der Waals surface area contributed by atoms with Crippen LogP contribution in [0.3, 0.4) is 0 Å². The maximum absolute atomic E-state index is 8.22. The van der Waals surface area contributed by atoms with Gasteiger partial charge in [-0.1, -0.05) is 90.9 Å². The Hall–Kier alpha value is -2.86. The van der Waals surface area contributed by atoms with E-state index in [2.05, 4.69) is 24.3 Å². The standard InChI is InChI=1S/C23H18/c1-17-16-20(14-15-21(17)18-8-3-2-4-9-18)23-13-7-11-19-10-5-6-12-22(19)23/h2-16H,1H3/i2D,3D,4D,8D,9D. The van der Waals surface area contributed by atoms with Crippen LogP contribution in [0.25, 0.3) is 33.0 Å². The maximum Gasteiger partial charge on any atom is 0.0629 e. The summed E-state index contributed by atoms with van der Waals surface area (Å²) in [6.45, 7) is 1.91. The van der Waals surface area contributed by atoms with Crippen LogP contribution in [0.1, 0.15) is 12.4 Å². The van der Waals surface area contributed by atoms with Gasteiger partial charge in [-0.15, -0.1) is 0 Å². The van der Waals surface area contributed by atoms with Gasteiger partial charge in [-0.25, -0.2) is 0 Å². The van der Waals surface area contributed by atoms with Gasteiger partial charge in [0.2, 0.25) is 0 Å². The average molecular weight is 299 g/mol. The number of rotatable bonds is 2. The molecule has 0 aromatic heterocycles. The molecule has 0 atom stereocenters. The highest BCUT2D eigenvalue weighted by Crippen LogP contribution is 2.32. The second-order valence-electron chi connectivity index (χ2n) is 5.56. The molecule has 4 aromatic carbocycles. The molecule has 0 bridgehead atoms. The highest BCUT2D eigenvalue weighted by atomic mass is 14.1. The van der Waals surface area contributed by atoms with Gasteiger partial charge in [0.15, 0.2) is 0 Å². The van der Waals surface area contributed by atoms with Gasteiger partial charge in [0, 0.05) is 0 Å². The van der Waals surface area contributed by atoms with E-state index in [9.17, 15) is 0 Å². The van der Waals surface area contributed by atoms with E-state index in [1.165, 1.54) is 0 Å². The summed E-state index contributed by atoms with van der Waals surface area (Å²) in [6.07, 6.45) is 0. The fourth-order valence-electron chi connectivity index (χ4n) is 2.97. The largest absolute Gasteiger partial charge is 0.0629 e. The van der Waals surface area contributed by atoms with Crippen molar-refractivity contribution >= 4 is 10.8 Å². The van der Waals surface area contributed by atoms with Crippen LogP contribution >= 0.6 is 0 Å². The minimum atomic E-state index is -0.372. The molecule has 0 aliphatic carbocycles. The van der Waals surface area contributed by atoms with E-state index in [4.69, 9.17) is 6.85 Å². The minimum absolute atomic E-state index is 0.174. The molecule has 0 N–H and O–H groups in total. The summed E-state index contributed by atoms with van der Waals surface area (Å²) >= 11 is 0. The first kappa shape index (κ1) is 9.32. The number of hydrogen-bond acceptors (Lipinski definition) is 0. The van der Waals surface area contributed by atoms with Crippen LogP contribution in [-0.4, -0.2) is 0 Å². The Labute approximate surface area is 144 Å². The van der Waals surface area contributed by atoms with E-state index in [0.717, 1.165) is 27.5 Å². The lowest BCUT2D eigenvalue weighted by Crippen LogP contribution is -1.86. The van der Waals surface area contributed by atoms with Crippen molar-refractivity contribution in [3.63, 3.8) is 0 Å². The van der Waals surface area contributed by atoms with Crippen LogP contribution in [-0.2, 0) is 0 Å². The Bertz CT molecular complexity index is 1190. The van der Waals surface area contributed by atoms with Gasteiger partial charge in [-0.05, 0) is 45.5 Å². The summed E-state index contributed by atoms with van der Waals surface area (Å²) in [5.41, 5.74) is 3.90. The zero-order valence-corrected chi connectivity index (χ0v) is 12.8. The molecular formula is C23H18. The molecule has 0 saturated heterocycles. The van der Waals surface area contributed by atoms with Gasteiger partial charge in [0.1, 0.15) is 0 Å². The van der Waals surface area contributed by atoms with Crippen LogP contribution in [0.5, 0.6) is 0 Å². The Balaban J connectivity index is 1.91. The molecule has 0 heteroatoms. The van der Waals surface area contributed by atoms with Crippen molar-refractivity contribution in [2.45, 2.75) is 6.92 Å². The summed E-state index contributed by atoms with van der Waals surface area (Å²) in [5, 5.41) is 2.31. The van der Waals surface area contributed by atoms with Crippen LogP contribution in [0.2, 0.25) is 0 Å². The fraction of sp³-hybridized carbons (Fsp3) is 0.0435. The van der Waals surface area contributed by atoms with Gasteiger partial charge in [0.25, 0.3) is 0 Å². The fourth-order valence-corrected chi connectivity index (χ4v) is 2.97. The van der Waals surface area contributed by atoms with E-state index < -0.39 is 0 Å². The molecule has 0 fully saturated rings. The maximum atomic E-state index is 8.22. The molecule has 0 amide bonds. The molecule has 0 aliphatic rings. The third-order valence-electron chi connectivity index (χ3n) is 4.10. The van der Waals surface area contributed by atoms with Crippen molar-refractivity contribution in [1.29, 1.82) is 0 Å². The van der Waals surface area contributed by atoms with Gasteiger partial charge in [-0.3, -0.25) is 0 Å². The number of aryl methyl sites for hydroxylation is 1. The van der Waals surface area contributed by atoms with E-state index in [1.54, 1.807) is 0 Å². The molecule has 0 saturated carbocycles. The molecule has 0 heterocycles. The molecule has 110 valence electrons. The second kappa shape index (κ2) is 5.73. The lowest BCUT2D eigenvalue weighted by molar-refractivity contribution is 1.46. The summed E-state index contributed by atoms with van der Waals surface area (Å²) in [7, 11) is 0. The predicted molar refractivity (Wildman–Crippen MR) is 99.6 cm³/mol. The summed E-state index contributed by atoms with van der Waals surface area (Å²) in [4.78, 5) is 0. The first-order chi connectivity index (χ1) is 13.4. The molecule has 0 radical (unpaired) electrons. The highest BCUT2D eigenvalue weighted by molar-refractivity contribution is 5.97.